The summed E-state index contributed by atoms with van der Waals surface area (Å²) in [5, 5.41) is 26.1. The molecule has 0 bridgehead atoms. The molecule has 2 aromatic carbocycles. The van der Waals surface area contributed by atoms with E-state index in [1.807, 2.05) is 48.5 Å². The summed E-state index contributed by atoms with van der Waals surface area (Å²) in [7, 11) is 0. The van der Waals surface area contributed by atoms with Crippen LogP contribution in [-0.2, 0) is 24.1 Å². The number of benzene rings is 2. The third kappa shape index (κ3) is 9.01. The van der Waals surface area contributed by atoms with E-state index >= 15 is 0 Å². The quantitative estimate of drug-likeness (QED) is 0.241. The Kier molecular flexibility index (Phi) is 10.5. The van der Waals surface area contributed by atoms with E-state index in [9.17, 15) is 24.8 Å². The summed E-state index contributed by atoms with van der Waals surface area (Å²) in [5.74, 6) is -0.380. The minimum Gasteiger partial charge on any atom is -0.395 e. The van der Waals surface area contributed by atoms with Crippen molar-refractivity contribution >= 4 is 17.6 Å². The molecule has 0 radical (unpaired) electrons. The SMILES string of the molecule is O=C(NCCc1ccccn1)C(Cc1ccc([N+](=O)[O-])cc1)NC(=O)N(CCO)CCc1ccccc1. The average molecular weight is 506 g/mol. The number of amides is 3. The summed E-state index contributed by atoms with van der Waals surface area (Å²) >= 11 is 0. The number of non-ortho nitro benzene ring substituents is 1. The Balaban J connectivity index is 1.68. The minimum absolute atomic E-state index is 0.0563. The first-order valence-corrected chi connectivity index (χ1v) is 12.1. The predicted octanol–water partition coefficient (Wildman–Crippen LogP) is 2.51. The van der Waals surface area contributed by atoms with Crippen molar-refractivity contribution < 1.29 is 19.6 Å². The maximum Gasteiger partial charge on any atom is 0.318 e. The molecule has 1 unspecified atom stereocenters. The van der Waals surface area contributed by atoms with E-state index in [-0.39, 0.29) is 31.2 Å². The number of aliphatic hydroxyl groups is 1. The van der Waals surface area contributed by atoms with E-state index in [4.69, 9.17) is 0 Å². The van der Waals surface area contributed by atoms with Gasteiger partial charge in [0.05, 0.1) is 11.5 Å². The first-order chi connectivity index (χ1) is 18.0. The number of nitrogens with one attached hydrogen (secondary N) is 2. The topological polar surface area (TPSA) is 138 Å². The molecule has 37 heavy (non-hydrogen) atoms. The van der Waals surface area contributed by atoms with Gasteiger partial charge in [0.25, 0.3) is 5.69 Å². The smallest absolute Gasteiger partial charge is 0.318 e. The van der Waals surface area contributed by atoms with E-state index in [1.54, 1.807) is 18.3 Å². The zero-order chi connectivity index (χ0) is 26.5. The number of aromatic nitrogens is 1. The van der Waals surface area contributed by atoms with Crippen molar-refractivity contribution in [3.8, 4) is 0 Å². The number of carbonyl (C=O) groups is 2. The maximum absolute atomic E-state index is 13.1. The molecule has 194 valence electrons. The minimum atomic E-state index is -0.921. The number of nitro benzene ring substituents is 1. The van der Waals surface area contributed by atoms with E-state index in [2.05, 4.69) is 15.6 Å². The van der Waals surface area contributed by atoms with Crippen LogP contribution in [-0.4, -0.2) is 64.1 Å². The van der Waals surface area contributed by atoms with Crippen molar-refractivity contribution in [2.75, 3.05) is 26.2 Å². The highest BCUT2D eigenvalue weighted by Crippen LogP contribution is 2.14. The first kappa shape index (κ1) is 27.3. The number of aliphatic hydroxyl groups excluding tert-OH is 1. The molecule has 10 heteroatoms. The lowest BCUT2D eigenvalue weighted by molar-refractivity contribution is -0.384. The third-order valence-electron chi connectivity index (χ3n) is 5.78. The summed E-state index contributed by atoms with van der Waals surface area (Å²) in [4.78, 5) is 42.4. The van der Waals surface area contributed by atoms with Gasteiger partial charge >= 0.3 is 6.03 Å². The van der Waals surface area contributed by atoms with Gasteiger partial charge in [0.1, 0.15) is 6.04 Å². The fourth-order valence-corrected chi connectivity index (χ4v) is 3.77. The van der Waals surface area contributed by atoms with Crippen molar-refractivity contribution in [1.29, 1.82) is 0 Å². The molecular formula is C27H31N5O5. The van der Waals surface area contributed by atoms with Crippen LogP contribution in [0.5, 0.6) is 0 Å². The van der Waals surface area contributed by atoms with Gasteiger partial charge in [0.2, 0.25) is 5.91 Å². The van der Waals surface area contributed by atoms with E-state index in [0.717, 1.165) is 11.3 Å². The Hall–Kier alpha value is -4.31. The first-order valence-electron chi connectivity index (χ1n) is 12.1. The highest BCUT2D eigenvalue weighted by atomic mass is 16.6. The number of nitro groups is 1. The Labute approximate surface area is 215 Å². The number of carbonyl (C=O) groups excluding carboxylic acids is 2. The average Bonchev–Trinajstić information content (AvgIpc) is 2.92. The second kappa shape index (κ2) is 14.3. The molecule has 0 spiro atoms. The molecule has 1 atom stereocenters. The molecular weight excluding hydrogens is 474 g/mol. The van der Waals surface area contributed by atoms with E-state index in [1.165, 1.54) is 17.0 Å². The lowest BCUT2D eigenvalue weighted by Crippen LogP contribution is -2.53. The van der Waals surface area contributed by atoms with Crippen LogP contribution in [0.25, 0.3) is 0 Å². The van der Waals surface area contributed by atoms with Crippen LogP contribution >= 0.6 is 0 Å². The molecule has 3 rings (SSSR count). The predicted molar refractivity (Wildman–Crippen MR) is 139 cm³/mol. The molecule has 1 heterocycles. The molecule has 0 saturated carbocycles. The molecule has 0 aliphatic carbocycles. The van der Waals surface area contributed by atoms with Crippen molar-refractivity contribution in [3.63, 3.8) is 0 Å². The van der Waals surface area contributed by atoms with E-state index in [0.29, 0.717) is 31.5 Å². The lowest BCUT2D eigenvalue weighted by atomic mass is 10.0. The van der Waals surface area contributed by atoms with Crippen LogP contribution in [0.4, 0.5) is 10.5 Å². The zero-order valence-corrected chi connectivity index (χ0v) is 20.5. The summed E-state index contributed by atoms with van der Waals surface area (Å²) in [5.41, 5.74) is 2.48. The standard InChI is InChI=1S/C27H31N5O5/c33-19-18-31(17-14-21-6-2-1-3-7-21)27(35)30-25(20-22-9-11-24(12-10-22)32(36)37)26(34)29-16-13-23-8-4-5-15-28-23/h1-12,15,25,33H,13-14,16-20H2,(H,29,34)(H,30,35). The molecule has 3 aromatic rings. The normalized spacial score (nSPS) is 11.4. The second-order valence-corrected chi connectivity index (χ2v) is 8.44. The van der Waals surface area contributed by atoms with Crippen LogP contribution in [0, 0.1) is 10.1 Å². The van der Waals surface area contributed by atoms with Crippen molar-refractivity contribution in [3.05, 3.63) is 106 Å². The molecule has 3 amide bonds. The van der Waals surface area contributed by atoms with Crippen molar-refractivity contribution in [2.45, 2.75) is 25.3 Å². The highest BCUT2D eigenvalue weighted by Gasteiger charge is 2.24. The van der Waals surface area contributed by atoms with Gasteiger partial charge in [-0.15, -0.1) is 0 Å². The van der Waals surface area contributed by atoms with Gasteiger partial charge in [-0.05, 0) is 29.7 Å². The number of urea groups is 1. The summed E-state index contributed by atoms with van der Waals surface area (Å²) in [6.07, 6.45) is 2.95. The molecule has 0 aliphatic rings. The highest BCUT2D eigenvalue weighted by molar-refractivity contribution is 5.87. The van der Waals surface area contributed by atoms with Gasteiger partial charge in [-0.2, -0.15) is 0 Å². The lowest BCUT2D eigenvalue weighted by Gasteiger charge is -2.26. The van der Waals surface area contributed by atoms with Crippen molar-refractivity contribution in [2.24, 2.45) is 0 Å². The Bertz CT molecular complexity index is 1140. The fourth-order valence-electron chi connectivity index (χ4n) is 3.77. The number of nitrogens with zero attached hydrogens (tertiary/aromatic N) is 3. The Morgan fingerprint density at radius 3 is 2.32 bits per heavy atom. The number of pyridine rings is 1. The van der Waals surface area contributed by atoms with Gasteiger partial charge in [0.15, 0.2) is 0 Å². The van der Waals surface area contributed by atoms with Gasteiger partial charge in [-0.1, -0.05) is 48.5 Å². The number of hydrogen-bond acceptors (Lipinski definition) is 6. The molecule has 10 nitrogen and oxygen atoms in total. The second-order valence-electron chi connectivity index (χ2n) is 8.44. The van der Waals surface area contributed by atoms with Gasteiger partial charge in [-0.3, -0.25) is 19.9 Å². The van der Waals surface area contributed by atoms with Crippen LogP contribution in [0.2, 0.25) is 0 Å². The van der Waals surface area contributed by atoms with Gasteiger partial charge in [-0.25, -0.2) is 4.79 Å². The Morgan fingerprint density at radius 2 is 1.68 bits per heavy atom. The number of hydrogen-bond donors (Lipinski definition) is 3. The van der Waals surface area contributed by atoms with Crippen LogP contribution in [0.15, 0.2) is 79.0 Å². The largest absolute Gasteiger partial charge is 0.395 e. The molecule has 0 fully saturated rings. The zero-order valence-electron chi connectivity index (χ0n) is 20.5. The van der Waals surface area contributed by atoms with E-state index < -0.39 is 17.0 Å². The summed E-state index contributed by atoms with van der Waals surface area (Å²) in [6, 6.07) is 19.7. The van der Waals surface area contributed by atoms with Crippen LogP contribution < -0.4 is 10.6 Å². The molecule has 3 N–H and O–H groups in total. The van der Waals surface area contributed by atoms with Crippen molar-refractivity contribution in [1.82, 2.24) is 20.5 Å². The van der Waals surface area contributed by atoms with Gasteiger partial charge in [0, 0.05) is 56.5 Å². The van der Waals surface area contributed by atoms with Crippen LogP contribution in [0.3, 0.4) is 0 Å². The maximum atomic E-state index is 13.1. The molecule has 1 aromatic heterocycles. The van der Waals surface area contributed by atoms with Gasteiger partial charge < -0.3 is 20.6 Å². The molecule has 0 aliphatic heterocycles. The molecule has 0 saturated heterocycles. The summed E-state index contributed by atoms with van der Waals surface area (Å²) < 4.78 is 0. The Morgan fingerprint density at radius 1 is 0.946 bits per heavy atom. The van der Waals surface area contributed by atoms with Crippen LogP contribution in [0.1, 0.15) is 16.8 Å². The fraction of sp³-hybridized carbons (Fsp3) is 0.296. The third-order valence-corrected chi connectivity index (χ3v) is 5.78. The summed E-state index contributed by atoms with van der Waals surface area (Å²) in [6.45, 7) is 0.592. The number of rotatable bonds is 13. The monoisotopic (exact) mass is 505 g/mol.